The van der Waals surface area contributed by atoms with E-state index in [4.69, 9.17) is 5.73 Å². The number of nitrogens with zero attached hydrogens (tertiary/aromatic N) is 2. The van der Waals surface area contributed by atoms with Crippen molar-refractivity contribution in [3.63, 3.8) is 0 Å². The quantitative estimate of drug-likeness (QED) is 0.781. The summed E-state index contributed by atoms with van der Waals surface area (Å²) < 4.78 is 0. The lowest BCUT2D eigenvalue weighted by atomic mass is 10.1. The first-order valence-corrected chi connectivity index (χ1v) is 7.86. The van der Waals surface area contributed by atoms with Gasteiger partial charge in [-0.05, 0) is 49.3 Å². The maximum absolute atomic E-state index is 5.98. The molecule has 114 valence electrons. The molecule has 0 bridgehead atoms. The second-order valence-electron chi connectivity index (χ2n) is 6.59. The third kappa shape index (κ3) is 5.91. The summed E-state index contributed by atoms with van der Waals surface area (Å²) in [7, 11) is 0. The van der Waals surface area contributed by atoms with E-state index in [-0.39, 0.29) is 6.04 Å². The Morgan fingerprint density at radius 2 is 1.60 bits per heavy atom. The average Bonchev–Trinajstić information content (AvgIpc) is 2.38. The minimum Gasteiger partial charge on any atom is -0.357 e. The molecule has 1 aromatic rings. The van der Waals surface area contributed by atoms with Crippen molar-refractivity contribution in [1.82, 2.24) is 4.98 Å². The van der Waals surface area contributed by atoms with Crippen LogP contribution in [0.3, 0.4) is 0 Å². The van der Waals surface area contributed by atoms with Crippen LogP contribution in [0.2, 0.25) is 0 Å². The molecule has 0 fully saturated rings. The first kappa shape index (κ1) is 17.0. The second-order valence-corrected chi connectivity index (χ2v) is 6.59. The third-order valence-corrected chi connectivity index (χ3v) is 3.57. The fourth-order valence-electron chi connectivity index (χ4n) is 2.06. The highest BCUT2D eigenvalue weighted by molar-refractivity contribution is 5.41. The Hall–Kier alpha value is -1.09. The molecule has 0 aliphatic heterocycles. The van der Waals surface area contributed by atoms with Crippen molar-refractivity contribution in [2.45, 2.75) is 53.5 Å². The molecule has 0 unspecified atom stereocenters. The zero-order valence-corrected chi connectivity index (χ0v) is 13.8. The highest BCUT2D eigenvalue weighted by Gasteiger charge is 2.11. The minimum absolute atomic E-state index is 0.0637. The number of hydrogen-bond acceptors (Lipinski definition) is 3. The molecule has 0 aliphatic rings. The molecule has 0 spiro atoms. The van der Waals surface area contributed by atoms with E-state index in [9.17, 15) is 0 Å². The summed E-state index contributed by atoms with van der Waals surface area (Å²) >= 11 is 0. The summed E-state index contributed by atoms with van der Waals surface area (Å²) in [5, 5.41) is 0. The topological polar surface area (TPSA) is 42.1 Å². The molecule has 3 nitrogen and oxygen atoms in total. The molecule has 1 atom stereocenters. The van der Waals surface area contributed by atoms with Gasteiger partial charge >= 0.3 is 0 Å². The summed E-state index contributed by atoms with van der Waals surface area (Å²) in [5.74, 6) is 2.50. The molecule has 2 N–H and O–H groups in total. The SMILES string of the molecule is CC(C)CCN(CCC(C)C)c1cc([C@H](C)N)ccn1. The monoisotopic (exact) mass is 277 g/mol. The lowest BCUT2D eigenvalue weighted by molar-refractivity contribution is 0.533. The Morgan fingerprint density at radius 1 is 1.05 bits per heavy atom. The van der Waals surface area contributed by atoms with Crippen molar-refractivity contribution in [2.75, 3.05) is 18.0 Å². The highest BCUT2D eigenvalue weighted by Crippen LogP contribution is 2.19. The van der Waals surface area contributed by atoms with Crippen LogP contribution in [0.4, 0.5) is 5.82 Å². The van der Waals surface area contributed by atoms with Gasteiger partial charge in [0.05, 0.1) is 0 Å². The van der Waals surface area contributed by atoms with Crippen LogP contribution in [0.1, 0.15) is 59.1 Å². The molecule has 0 aromatic carbocycles. The fourth-order valence-corrected chi connectivity index (χ4v) is 2.06. The second kappa shape index (κ2) is 8.25. The van der Waals surface area contributed by atoms with E-state index in [2.05, 4.69) is 43.6 Å². The Bertz CT molecular complexity index is 374. The van der Waals surface area contributed by atoms with Gasteiger partial charge in [-0.2, -0.15) is 0 Å². The molecular weight excluding hydrogens is 246 g/mol. The zero-order valence-electron chi connectivity index (χ0n) is 13.8. The predicted molar refractivity (Wildman–Crippen MR) is 88.0 cm³/mol. The van der Waals surface area contributed by atoms with E-state index >= 15 is 0 Å². The molecule has 0 saturated carbocycles. The van der Waals surface area contributed by atoms with Gasteiger partial charge in [0.15, 0.2) is 0 Å². The van der Waals surface area contributed by atoms with Crippen LogP contribution in [0.25, 0.3) is 0 Å². The first-order valence-electron chi connectivity index (χ1n) is 7.86. The summed E-state index contributed by atoms with van der Waals surface area (Å²) in [6.07, 6.45) is 4.27. The maximum atomic E-state index is 5.98. The number of aromatic nitrogens is 1. The van der Waals surface area contributed by atoms with Gasteiger partial charge < -0.3 is 10.6 Å². The van der Waals surface area contributed by atoms with Crippen molar-refractivity contribution in [3.05, 3.63) is 23.9 Å². The standard InChI is InChI=1S/C17H31N3/c1-13(2)7-10-20(11-8-14(3)4)17-12-16(15(5)18)6-9-19-17/h6,9,12-15H,7-8,10-11,18H2,1-5H3/t15-/m0/s1. The van der Waals surface area contributed by atoms with Crippen LogP contribution in [0, 0.1) is 11.8 Å². The molecular formula is C17H31N3. The largest absolute Gasteiger partial charge is 0.357 e. The van der Waals surface area contributed by atoms with Crippen LogP contribution in [-0.2, 0) is 0 Å². The number of hydrogen-bond donors (Lipinski definition) is 1. The lowest BCUT2D eigenvalue weighted by Gasteiger charge is -2.26. The molecule has 0 radical (unpaired) electrons. The van der Waals surface area contributed by atoms with Gasteiger partial charge in [-0.25, -0.2) is 4.98 Å². The van der Waals surface area contributed by atoms with Crippen LogP contribution >= 0.6 is 0 Å². The third-order valence-electron chi connectivity index (χ3n) is 3.57. The first-order chi connectivity index (χ1) is 9.40. The van der Waals surface area contributed by atoms with Crippen LogP contribution < -0.4 is 10.6 Å². The van der Waals surface area contributed by atoms with Gasteiger partial charge in [0.25, 0.3) is 0 Å². The van der Waals surface area contributed by atoms with E-state index in [1.807, 2.05) is 19.2 Å². The fraction of sp³-hybridized carbons (Fsp3) is 0.706. The zero-order chi connectivity index (χ0) is 15.1. The van der Waals surface area contributed by atoms with Crippen molar-refractivity contribution in [3.8, 4) is 0 Å². The molecule has 1 rings (SSSR count). The van der Waals surface area contributed by atoms with Gasteiger partial charge in [-0.1, -0.05) is 27.7 Å². The van der Waals surface area contributed by atoms with Gasteiger partial charge in [0, 0.05) is 25.3 Å². The minimum atomic E-state index is 0.0637. The van der Waals surface area contributed by atoms with Gasteiger partial charge in [0.2, 0.25) is 0 Å². The molecule has 1 aromatic heterocycles. The van der Waals surface area contributed by atoms with Gasteiger partial charge in [-0.15, -0.1) is 0 Å². The summed E-state index contributed by atoms with van der Waals surface area (Å²) in [4.78, 5) is 6.96. The number of nitrogens with two attached hydrogens (primary N) is 1. The van der Waals surface area contributed by atoms with Crippen LogP contribution in [0.15, 0.2) is 18.3 Å². The number of anilines is 1. The van der Waals surface area contributed by atoms with Crippen molar-refractivity contribution < 1.29 is 0 Å². The Morgan fingerprint density at radius 3 is 2.05 bits per heavy atom. The van der Waals surface area contributed by atoms with Crippen LogP contribution in [0.5, 0.6) is 0 Å². The summed E-state index contributed by atoms with van der Waals surface area (Å²) in [6.45, 7) is 13.2. The molecule has 0 aliphatic carbocycles. The average molecular weight is 277 g/mol. The molecule has 0 saturated heterocycles. The van der Waals surface area contributed by atoms with Crippen molar-refractivity contribution >= 4 is 5.82 Å². The Balaban J connectivity index is 2.81. The normalized spacial score (nSPS) is 13.0. The van der Waals surface area contributed by atoms with E-state index in [0.717, 1.165) is 24.5 Å². The Kier molecular flexibility index (Phi) is 7.00. The smallest absolute Gasteiger partial charge is 0.128 e. The predicted octanol–water partition coefficient (Wildman–Crippen LogP) is 4.00. The maximum Gasteiger partial charge on any atom is 0.128 e. The van der Waals surface area contributed by atoms with Gasteiger partial charge in [-0.3, -0.25) is 0 Å². The molecule has 1 heterocycles. The van der Waals surface area contributed by atoms with Crippen LogP contribution in [-0.4, -0.2) is 18.1 Å². The van der Waals surface area contributed by atoms with E-state index < -0.39 is 0 Å². The summed E-state index contributed by atoms with van der Waals surface area (Å²) in [5.41, 5.74) is 7.14. The van der Waals surface area contributed by atoms with Gasteiger partial charge in [0.1, 0.15) is 5.82 Å². The highest BCUT2D eigenvalue weighted by atomic mass is 15.2. The molecule has 3 heteroatoms. The summed E-state index contributed by atoms with van der Waals surface area (Å²) in [6, 6.07) is 4.22. The van der Waals surface area contributed by atoms with E-state index in [1.165, 1.54) is 12.8 Å². The van der Waals surface area contributed by atoms with E-state index in [0.29, 0.717) is 11.8 Å². The van der Waals surface area contributed by atoms with E-state index in [1.54, 1.807) is 0 Å². The lowest BCUT2D eigenvalue weighted by Crippen LogP contribution is -2.28. The van der Waals surface area contributed by atoms with Crippen molar-refractivity contribution in [2.24, 2.45) is 17.6 Å². The Labute approximate surface area is 124 Å². The number of pyridine rings is 1. The number of rotatable bonds is 8. The molecule has 0 amide bonds. The molecule has 20 heavy (non-hydrogen) atoms. The van der Waals surface area contributed by atoms with Crippen molar-refractivity contribution in [1.29, 1.82) is 0 Å².